The number of nitrogens with zero attached hydrogens (tertiary/aromatic N) is 1. The van der Waals surface area contributed by atoms with Crippen molar-refractivity contribution in [1.29, 1.82) is 0 Å². The molecule has 0 atom stereocenters. The first-order valence-electron chi connectivity index (χ1n) is 5.15. The minimum Gasteiger partial charge on any atom is -0.478 e. The summed E-state index contributed by atoms with van der Waals surface area (Å²) in [5.41, 5.74) is 0.821. The van der Waals surface area contributed by atoms with Crippen molar-refractivity contribution in [1.82, 2.24) is 4.90 Å². The lowest BCUT2D eigenvalue weighted by atomic mass is 10.1. The predicted molar refractivity (Wildman–Crippen MR) is 58.1 cm³/mol. The number of hydrogen-bond donors (Lipinski definition) is 1. The molecular weight excluding hydrogens is 210 g/mol. The molecular formula is C11H15NO4. The van der Waals surface area contributed by atoms with E-state index in [4.69, 9.17) is 9.84 Å². The van der Waals surface area contributed by atoms with E-state index in [1.807, 2.05) is 6.08 Å². The van der Waals surface area contributed by atoms with Gasteiger partial charge in [-0.1, -0.05) is 12.2 Å². The van der Waals surface area contributed by atoms with Crippen LogP contribution in [0.5, 0.6) is 0 Å². The molecule has 0 radical (unpaired) electrons. The third-order valence-electron chi connectivity index (χ3n) is 2.14. The molecule has 5 heteroatoms. The smallest absolute Gasteiger partial charge is 0.410 e. The van der Waals surface area contributed by atoms with Crippen LogP contribution in [0.3, 0.4) is 0 Å². The van der Waals surface area contributed by atoms with E-state index in [1.165, 1.54) is 6.08 Å². The number of amides is 1. The average molecular weight is 225 g/mol. The summed E-state index contributed by atoms with van der Waals surface area (Å²) >= 11 is 0. The summed E-state index contributed by atoms with van der Waals surface area (Å²) in [6.07, 6.45) is 4.87. The summed E-state index contributed by atoms with van der Waals surface area (Å²) in [7, 11) is 0. The van der Waals surface area contributed by atoms with E-state index in [2.05, 4.69) is 0 Å². The highest BCUT2D eigenvalue weighted by Gasteiger charge is 2.17. The van der Waals surface area contributed by atoms with Crippen molar-refractivity contribution in [2.45, 2.75) is 13.3 Å². The molecule has 0 aromatic heterocycles. The number of rotatable bonds is 3. The lowest BCUT2D eigenvalue weighted by Crippen LogP contribution is -2.36. The van der Waals surface area contributed by atoms with Crippen molar-refractivity contribution < 1.29 is 19.4 Å². The molecule has 1 heterocycles. The molecule has 5 nitrogen and oxygen atoms in total. The van der Waals surface area contributed by atoms with Crippen LogP contribution < -0.4 is 0 Å². The molecule has 88 valence electrons. The van der Waals surface area contributed by atoms with Gasteiger partial charge in [0.1, 0.15) is 0 Å². The quantitative estimate of drug-likeness (QED) is 0.737. The minimum atomic E-state index is -0.992. The van der Waals surface area contributed by atoms with Crippen molar-refractivity contribution in [3.8, 4) is 0 Å². The van der Waals surface area contributed by atoms with Crippen LogP contribution in [0.1, 0.15) is 13.3 Å². The molecule has 16 heavy (non-hydrogen) atoms. The van der Waals surface area contributed by atoms with Crippen LogP contribution in [-0.4, -0.2) is 41.8 Å². The fourth-order valence-electron chi connectivity index (χ4n) is 1.44. The van der Waals surface area contributed by atoms with Gasteiger partial charge in [-0.25, -0.2) is 9.59 Å². The van der Waals surface area contributed by atoms with E-state index in [0.717, 1.165) is 18.1 Å². The Hall–Kier alpha value is -1.78. The molecule has 1 aliphatic rings. The van der Waals surface area contributed by atoms with Gasteiger partial charge in [-0.3, -0.25) is 0 Å². The molecule has 1 N–H and O–H groups in total. The van der Waals surface area contributed by atoms with E-state index in [9.17, 15) is 9.59 Å². The Morgan fingerprint density at radius 3 is 3.00 bits per heavy atom. The van der Waals surface area contributed by atoms with Gasteiger partial charge in [0.15, 0.2) is 0 Å². The first-order valence-corrected chi connectivity index (χ1v) is 5.15. The summed E-state index contributed by atoms with van der Waals surface area (Å²) in [5, 5.41) is 8.48. The summed E-state index contributed by atoms with van der Waals surface area (Å²) < 4.78 is 4.87. The van der Waals surface area contributed by atoms with Gasteiger partial charge in [0.2, 0.25) is 0 Å². The highest BCUT2D eigenvalue weighted by molar-refractivity contribution is 5.80. The van der Waals surface area contributed by atoms with Crippen LogP contribution in [0.15, 0.2) is 23.8 Å². The topological polar surface area (TPSA) is 66.8 Å². The molecule has 1 rings (SSSR count). The van der Waals surface area contributed by atoms with Crippen molar-refractivity contribution in [2.24, 2.45) is 0 Å². The van der Waals surface area contributed by atoms with Crippen molar-refractivity contribution in [3.05, 3.63) is 23.8 Å². The third kappa shape index (κ3) is 3.76. The maximum atomic E-state index is 11.4. The molecule has 0 saturated heterocycles. The van der Waals surface area contributed by atoms with Gasteiger partial charge in [0, 0.05) is 19.2 Å². The van der Waals surface area contributed by atoms with E-state index < -0.39 is 5.97 Å². The van der Waals surface area contributed by atoms with Gasteiger partial charge < -0.3 is 14.7 Å². The zero-order chi connectivity index (χ0) is 12.0. The van der Waals surface area contributed by atoms with Gasteiger partial charge in [-0.05, 0) is 18.9 Å². The van der Waals surface area contributed by atoms with Crippen molar-refractivity contribution in [2.75, 3.05) is 19.7 Å². The van der Waals surface area contributed by atoms with Crippen LogP contribution in [0.2, 0.25) is 0 Å². The molecule has 0 bridgehead atoms. The number of carbonyl (C=O) groups is 2. The Bertz CT molecular complexity index is 333. The molecule has 1 aliphatic heterocycles. The monoisotopic (exact) mass is 225 g/mol. The summed E-state index contributed by atoms with van der Waals surface area (Å²) in [5.74, 6) is -0.992. The first kappa shape index (κ1) is 12.3. The van der Waals surface area contributed by atoms with E-state index in [-0.39, 0.29) is 6.09 Å². The predicted octanol–water partition coefficient (Wildman–Crippen LogP) is 1.42. The summed E-state index contributed by atoms with van der Waals surface area (Å²) in [4.78, 5) is 23.3. The van der Waals surface area contributed by atoms with E-state index in [0.29, 0.717) is 19.7 Å². The molecule has 0 aromatic carbocycles. The average Bonchev–Trinajstić information content (AvgIpc) is 2.27. The van der Waals surface area contributed by atoms with Gasteiger partial charge in [0.25, 0.3) is 0 Å². The molecule has 0 unspecified atom stereocenters. The highest BCUT2D eigenvalue weighted by Crippen LogP contribution is 2.11. The minimum absolute atomic E-state index is 0.347. The van der Waals surface area contributed by atoms with Gasteiger partial charge in [0.05, 0.1) is 6.61 Å². The molecule has 0 spiro atoms. The summed E-state index contributed by atoms with van der Waals surface area (Å²) in [6.45, 7) is 3.12. The fourth-order valence-corrected chi connectivity index (χ4v) is 1.44. The van der Waals surface area contributed by atoms with Gasteiger partial charge in [-0.2, -0.15) is 0 Å². The molecule has 1 amide bonds. The number of carboxylic acids is 1. The SMILES string of the molecule is CCOC(=O)N1CCC=C(C=CC(=O)O)C1. The summed E-state index contributed by atoms with van der Waals surface area (Å²) in [6, 6.07) is 0. The van der Waals surface area contributed by atoms with Crippen molar-refractivity contribution in [3.63, 3.8) is 0 Å². The Balaban J connectivity index is 2.55. The largest absolute Gasteiger partial charge is 0.478 e. The van der Waals surface area contributed by atoms with Crippen LogP contribution >= 0.6 is 0 Å². The second-order valence-electron chi connectivity index (χ2n) is 3.36. The maximum Gasteiger partial charge on any atom is 0.410 e. The lowest BCUT2D eigenvalue weighted by Gasteiger charge is -2.25. The lowest BCUT2D eigenvalue weighted by molar-refractivity contribution is -0.131. The second kappa shape index (κ2) is 5.95. The molecule has 0 aromatic rings. The maximum absolute atomic E-state index is 11.4. The Kier molecular flexibility index (Phi) is 4.57. The van der Waals surface area contributed by atoms with Crippen molar-refractivity contribution >= 4 is 12.1 Å². The van der Waals surface area contributed by atoms with Gasteiger partial charge >= 0.3 is 12.1 Å². The zero-order valence-corrected chi connectivity index (χ0v) is 9.18. The number of ether oxygens (including phenoxy) is 1. The van der Waals surface area contributed by atoms with E-state index >= 15 is 0 Å². The normalized spacial score (nSPS) is 16.1. The van der Waals surface area contributed by atoms with Gasteiger partial charge in [-0.15, -0.1) is 0 Å². The Labute approximate surface area is 94.0 Å². The van der Waals surface area contributed by atoms with Crippen LogP contribution in [0.25, 0.3) is 0 Å². The standard InChI is InChI=1S/C11H15NO4/c1-2-16-11(15)12-7-3-4-9(8-12)5-6-10(13)14/h4-6H,2-3,7-8H2,1H3,(H,13,14). The number of carbonyl (C=O) groups excluding carboxylic acids is 1. The van der Waals surface area contributed by atoms with Crippen LogP contribution in [-0.2, 0) is 9.53 Å². The Morgan fingerprint density at radius 1 is 1.62 bits per heavy atom. The Morgan fingerprint density at radius 2 is 2.38 bits per heavy atom. The van der Waals surface area contributed by atoms with Crippen LogP contribution in [0.4, 0.5) is 4.79 Å². The second-order valence-corrected chi connectivity index (χ2v) is 3.36. The van der Waals surface area contributed by atoms with E-state index in [1.54, 1.807) is 11.8 Å². The van der Waals surface area contributed by atoms with Crippen LogP contribution in [0, 0.1) is 0 Å². The first-order chi connectivity index (χ1) is 7.63. The number of carboxylic acid groups (broad SMARTS) is 1. The highest BCUT2D eigenvalue weighted by atomic mass is 16.6. The molecule has 0 saturated carbocycles. The molecule has 0 fully saturated rings. The number of aliphatic carboxylic acids is 1. The fraction of sp³-hybridized carbons (Fsp3) is 0.455. The third-order valence-corrected chi connectivity index (χ3v) is 2.14. The number of hydrogen-bond acceptors (Lipinski definition) is 3. The zero-order valence-electron chi connectivity index (χ0n) is 9.18. The molecule has 0 aliphatic carbocycles.